The van der Waals surface area contributed by atoms with E-state index in [0.717, 1.165) is 18.6 Å². The Bertz CT molecular complexity index is 441. The predicted molar refractivity (Wildman–Crippen MR) is 77.0 cm³/mol. The fourth-order valence-corrected chi connectivity index (χ4v) is 1.69. The van der Waals surface area contributed by atoms with E-state index in [2.05, 4.69) is 24.5 Å². The van der Waals surface area contributed by atoms with Gasteiger partial charge in [0.2, 0.25) is 5.91 Å². The fraction of sp³-hybridized carbons (Fsp3) is 0.533. The van der Waals surface area contributed by atoms with Gasteiger partial charge in [-0.15, -0.1) is 0 Å². The van der Waals surface area contributed by atoms with E-state index in [4.69, 9.17) is 0 Å². The molecule has 118 valence electrons. The highest BCUT2D eigenvalue weighted by Crippen LogP contribution is 2.29. The molecular formula is C15H21F3N2O. The molecule has 0 fully saturated rings. The van der Waals surface area contributed by atoms with E-state index < -0.39 is 11.7 Å². The van der Waals surface area contributed by atoms with Crippen LogP contribution in [0.4, 0.5) is 18.9 Å². The molecule has 0 heterocycles. The van der Waals surface area contributed by atoms with E-state index in [-0.39, 0.29) is 5.91 Å². The van der Waals surface area contributed by atoms with Crippen LogP contribution in [0.3, 0.4) is 0 Å². The summed E-state index contributed by atoms with van der Waals surface area (Å²) in [6.07, 6.45) is -3.11. The zero-order chi connectivity index (χ0) is 15.9. The quantitative estimate of drug-likeness (QED) is 0.807. The van der Waals surface area contributed by atoms with Gasteiger partial charge >= 0.3 is 6.18 Å². The van der Waals surface area contributed by atoms with Crippen molar-refractivity contribution in [1.29, 1.82) is 0 Å². The van der Waals surface area contributed by atoms with Crippen LogP contribution in [-0.2, 0) is 11.0 Å². The topological polar surface area (TPSA) is 41.1 Å². The number of carbonyl (C=O) groups excluding carboxylic acids is 1. The van der Waals surface area contributed by atoms with Crippen molar-refractivity contribution in [2.24, 2.45) is 5.92 Å². The molecule has 0 aliphatic heterocycles. The number of nitrogens with one attached hydrogen (secondary N) is 2. The lowest BCUT2D eigenvalue weighted by atomic mass is 10.1. The van der Waals surface area contributed by atoms with Crippen LogP contribution in [0.25, 0.3) is 0 Å². The maximum absolute atomic E-state index is 12.4. The van der Waals surface area contributed by atoms with Crippen molar-refractivity contribution in [3.05, 3.63) is 29.8 Å². The number of alkyl halides is 3. The number of hydrogen-bond acceptors (Lipinski definition) is 2. The van der Waals surface area contributed by atoms with Gasteiger partial charge in [-0.2, -0.15) is 13.2 Å². The van der Waals surface area contributed by atoms with E-state index in [1.807, 2.05) is 0 Å². The summed E-state index contributed by atoms with van der Waals surface area (Å²) in [5.74, 6) is 0.477. The largest absolute Gasteiger partial charge is 0.416 e. The van der Waals surface area contributed by atoms with Crippen molar-refractivity contribution in [1.82, 2.24) is 5.32 Å². The van der Waals surface area contributed by atoms with Crippen LogP contribution in [0.1, 0.15) is 32.3 Å². The number of rotatable bonds is 7. The minimum Gasteiger partial charge on any atom is -0.385 e. The molecule has 0 radical (unpaired) electrons. The molecule has 0 atom stereocenters. The highest BCUT2D eigenvalue weighted by atomic mass is 19.4. The summed E-state index contributed by atoms with van der Waals surface area (Å²) in [5.41, 5.74) is -0.113. The Morgan fingerprint density at radius 1 is 1.14 bits per heavy atom. The molecule has 21 heavy (non-hydrogen) atoms. The summed E-state index contributed by atoms with van der Waals surface area (Å²) in [5, 5.41) is 5.73. The smallest absolute Gasteiger partial charge is 0.385 e. The predicted octanol–water partition coefficient (Wildman–Crippen LogP) is 3.67. The molecule has 1 aromatic rings. The van der Waals surface area contributed by atoms with Crippen molar-refractivity contribution in [3.8, 4) is 0 Å². The first-order valence-electron chi connectivity index (χ1n) is 6.97. The third-order valence-electron chi connectivity index (χ3n) is 2.94. The van der Waals surface area contributed by atoms with Gasteiger partial charge in [0.25, 0.3) is 0 Å². The summed E-state index contributed by atoms with van der Waals surface area (Å²) in [6, 6.07) is 4.76. The highest BCUT2D eigenvalue weighted by molar-refractivity contribution is 5.76. The Morgan fingerprint density at radius 3 is 2.29 bits per heavy atom. The Labute approximate surface area is 122 Å². The van der Waals surface area contributed by atoms with E-state index in [0.29, 0.717) is 31.1 Å². The molecule has 1 aromatic carbocycles. The van der Waals surface area contributed by atoms with Gasteiger partial charge in [-0.05, 0) is 36.6 Å². The van der Waals surface area contributed by atoms with E-state index in [1.54, 1.807) is 0 Å². The minimum absolute atomic E-state index is 0.0601. The molecule has 1 rings (SSSR count). The first kappa shape index (κ1) is 17.3. The third kappa shape index (κ3) is 7.02. The van der Waals surface area contributed by atoms with E-state index >= 15 is 0 Å². The van der Waals surface area contributed by atoms with Gasteiger partial charge in [0, 0.05) is 25.2 Å². The van der Waals surface area contributed by atoms with Crippen molar-refractivity contribution >= 4 is 11.6 Å². The van der Waals surface area contributed by atoms with Crippen molar-refractivity contribution in [3.63, 3.8) is 0 Å². The second-order valence-corrected chi connectivity index (χ2v) is 5.28. The Balaban J connectivity index is 2.28. The summed E-state index contributed by atoms with van der Waals surface area (Å²) in [4.78, 5) is 11.5. The molecule has 0 aliphatic carbocycles. The summed E-state index contributed by atoms with van der Waals surface area (Å²) >= 11 is 0. The Kier molecular flexibility index (Phi) is 6.52. The van der Waals surface area contributed by atoms with Gasteiger partial charge in [-0.3, -0.25) is 4.79 Å². The molecular weight excluding hydrogens is 281 g/mol. The fourth-order valence-electron chi connectivity index (χ4n) is 1.69. The summed E-state index contributed by atoms with van der Waals surface area (Å²) in [7, 11) is 0. The number of anilines is 1. The molecule has 0 aromatic heterocycles. The van der Waals surface area contributed by atoms with E-state index in [1.165, 1.54) is 12.1 Å². The molecule has 0 unspecified atom stereocenters. The van der Waals surface area contributed by atoms with Crippen LogP contribution in [0.2, 0.25) is 0 Å². The molecule has 6 heteroatoms. The third-order valence-corrected chi connectivity index (χ3v) is 2.94. The van der Waals surface area contributed by atoms with E-state index in [9.17, 15) is 18.0 Å². The molecule has 0 aliphatic rings. The second-order valence-electron chi connectivity index (χ2n) is 5.28. The van der Waals surface area contributed by atoms with Crippen LogP contribution in [0.5, 0.6) is 0 Å². The van der Waals surface area contributed by atoms with Crippen molar-refractivity contribution in [2.45, 2.75) is 32.9 Å². The number of halogens is 3. The molecule has 0 spiro atoms. The Morgan fingerprint density at radius 2 is 1.76 bits per heavy atom. The van der Waals surface area contributed by atoms with Crippen LogP contribution in [0.15, 0.2) is 24.3 Å². The van der Waals surface area contributed by atoms with Crippen LogP contribution < -0.4 is 10.6 Å². The maximum Gasteiger partial charge on any atom is 0.416 e. The normalized spacial score (nSPS) is 11.5. The summed E-state index contributed by atoms with van der Waals surface area (Å²) in [6.45, 7) is 5.20. The molecule has 2 N–H and O–H groups in total. The van der Waals surface area contributed by atoms with Crippen molar-refractivity contribution < 1.29 is 18.0 Å². The second kappa shape index (κ2) is 7.90. The number of carbonyl (C=O) groups is 1. The van der Waals surface area contributed by atoms with Gasteiger partial charge < -0.3 is 10.6 Å². The average molecular weight is 302 g/mol. The first-order valence-corrected chi connectivity index (χ1v) is 6.97. The number of benzene rings is 1. The highest BCUT2D eigenvalue weighted by Gasteiger charge is 2.29. The molecule has 0 saturated carbocycles. The van der Waals surface area contributed by atoms with Gasteiger partial charge in [0.05, 0.1) is 5.56 Å². The van der Waals surface area contributed by atoms with Crippen LogP contribution in [-0.4, -0.2) is 19.0 Å². The zero-order valence-corrected chi connectivity index (χ0v) is 12.3. The van der Waals surface area contributed by atoms with Gasteiger partial charge in [-0.25, -0.2) is 0 Å². The van der Waals surface area contributed by atoms with Crippen LogP contribution >= 0.6 is 0 Å². The first-order chi connectivity index (χ1) is 9.79. The SMILES string of the molecule is CC(C)CCNC(=O)CCNc1ccc(C(F)(F)F)cc1. The standard InChI is InChI=1S/C15H21F3N2O/c1-11(2)7-9-20-14(21)8-10-19-13-5-3-12(4-6-13)15(16,17)18/h3-6,11,19H,7-10H2,1-2H3,(H,20,21). The monoisotopic (exact) mass is 302 g/mol. The lowest BCUT2D eigenvalue weighted by Gasteiger charge is -2.10. The van der Waals surface area contributed by atoms with Gasteiger partial charge in [0.15, 0.2) is 0 Å². The molecule has 3 nitrogen and oxygen atoms in total. The number of hydrogen-bond donors (Lipinski definition) is 2. The average Bonchev–Trinajstić information content (AvgIpc) is 2.38. The minimum atomic E-state index is -4.32. The van der Waals surface area contributed by atoms with Gasteiger partial charge in [-0.1, -0.05) is 13.8 Å². The zero-order valence-electron chi connectivity index (χ0n) is 12.3. The lowest BCUT2D eigenvalue weighted by Crippen LogP contribution is -2.27. The Hall–Kier alpha value is -1.72. The van der Waals surface area contributed by atoms with Crippen molar-refractivity contribution in [2.75, 3.05) is 18.4 Å². The molecule has 0 saturated heterocycles. The molecule has 0 bridgehead atoms. The van der Waals surface area contributed by atoms with Crippen LogP contribution in [0, 0.1) is 5.92 Å². The number of amides is 1. The maximum atomic E-state index is 12.4. The molecule has 1 amide bonds. The lowest BCUT2D eigenvalue weighted by molar-refractivity contribution is -0.137. The van der Waals surface area contributed by atoms with Gasteiger partial charge in [0.1, 0.15) is 0 Å². The summed E-state index contributed by atoms with van der Waals surface area (Å²) < 4.78 is 37.1.